The van der Waals surface area contributed by atoms with Crippen molar-refractivity contribution >= 4 is 11.5 Å². The van der Waals surface area contributed by atoms with Crippen molar-refractivity contribution in [3.63, 3.8) is 0 Å². The minimum Gasteiger partial charge on any atom is -0.480 e. The molecule has 0 saturated heterocycles. The van der Waals surface area contributed by atoms with Crippen molar-refractivity contribution in [3.05, 3.63) is 36.2 Å². The Morgan fingerprint density at radius 2 is 2.33 bits per heavy atom. The molecule has 0 aromatic carbocycles. The molecule has 5 heteroatoms. The van der Waals surface area contributed by atoms with E-state index in [1.807, 2.05) is 18.2 Å². The number of fused-ring (bicyclic) bond motifs is 1. The topological polar surface area (TPSA) is 80.6 Å². The van der Waals surface area contributed by atoms with Crippen LogP contribution in [0.15, 0.2) is 30.6 Å². The molecular formula is C10H11N3O2. The minimum atomic E-state index is -0.990. The Balaban J connectivity index is 2.24. The summed E-state index contributed by atoms with van der Waals surface area (Å²) in [5.41, 5.74) is 7.28. The summed E-state index contributed by atoms with van der Waals surface area (Å²) in [6.45, 7) is 0. The van der Waals surface area contributed by atoms with Gasteiger partial charge >= 0.3 is 5.97 Å². The van der Waals surface area contributed by atoms with Crippen molar-refractivity contribution in [1.82, 2.24) is 9.61 Å². The summed E-state index contributed by atoms with van der Waals surface area (Å²) in [5.74, 6) is -0.990. The van der Waals surface area contributed by atoms with Crippen LogP contribution in [0.2, 0.25) is 0 Å². The van der Waals surface area contributed by atoms with E-state index in [2.05, 4.69) is 5.10 Å². The first-order chi connectivity index (χ1) is 7.16. The molecular weight excluding hydrogens is 194 g/mol. The molecule has 15 heavy (non-hydrogen) atoms. The number of nitrogens with zero attached hydrogens (tertiary/aromatic N) is 2. The van der Waals surface area contributed by atoms with Crippen LogP contribution in [0.25, 0.3) is 5.52 Å². The molecule has 2 heterocycles. The van der Waals surface area contributed by atoms with Gasteiger partial charge in [0, 0.05) is 12.4 Å². The summed E-state index contributed by atoms with van der Waals surface area (Å²) < 4.78 is 1.70. The van der Waals surface area contributed by atoms with Crippen molar-refractivity contribution in [2.75, 3.05) is 0 Å². The quantitative estimate of drug-likeness (QED) is 0.754. The first kappa shape index (κ1) is 9.67. The van der Waals surface area contributed by atoms with Gasteiger partial charge in [0.15, 0.2) is 0 Å². The molecule has 0 radical (unpaired) electrons. The Morgan fingerprint density at radius 3 is 3.07 bits per heavy atom. The number of aliphatic carboxylic acids is 1. The number of hydrogen-bond donors (Lipinski definition) is 2. The van der Waals surface area contributed by atoms with Crippen LogP contribution in [0.5, 0.6) is 0 Å². The Hall–Kier alpha value is -1.88. The van der Waals surface area contributed by atoms with Gasteiger partial charge in [-0.25, -0.2) is 4.52 Å². The lowest BCUT2D eigenvalue weighted by atomic mass is 10.1. The highest BCUT2D eigenvalue weighted by Gasteiger charge is 2.12. The molecule has 5 nitrogen and oxygen atoms in total. The predicted molar refractivity (Wildman–Crippen MR) is 54.5 cm³/mol. The average molecular weight is 205 g/mol. The van der Waals surface area contributed by atoms with E-state index in [0.29, 0.717) is 6.42 Å². The Labute approximate surface area is 86.1 Å². The van der Waals surface area contributed by atoms with Crippen LogP contribution in [0, 0.1) is 0 Å². The van der Waals surface area contributed by atoms with Gasteiger partial charge < -0.3 is 10.8 Å². The number of nitrogens with two attached hydrogens (primary N) is 1. The Bertz CT molecular complexity index is 492. The summed E-state index contributed by atoms with van der Waals surface area (Å²) in [4.78, 5) is 10.6. The third kappa shape index (κ3) is 1.97. The molecule has 0 aliphatic carbocycles. The van der Waals surface area contributed by atoms with Gasteiger partial charge in [0.25, 0.3) is 0 Å². The monoisotopic (exact) mass is 205 g/mol. The molecule has 0 saturated carbocycles. The predicted octanol–water partition coefficient (Wildman–Crippen LogP) is 0.289. The number of rotatable bonds is 3. The van der Waals surface area contributed by atoms with Crippen LogP contribution >= 0.6 is 0 Å². The first-order valence-corrected chi connectivity index (χ1v) is 4.57. The minimum absolute atomic E-state index is 0.311. The summed E-state index contributed by atoms with van der Waals surface area (Å²) >= 11 is 0. The molecule has 2 rings (SSSR count). The number of carboxylic acid groups (broad SMARTS) is 1. The maximum absolute atomic E-state index is 10.6. The molecule has 2 aromatic heterocycles. The number of hydrogen-bond acceptors (Lipinski definition) is 3. The largest absolute Gasteiger partial charge is 0.480 e. The highest BCUT2D eigenvalue weighted by atomic mass is 16.4. The fourth-order valence-electron chi connectivity index (χ4n) is 1.42. The van der Waals surface area contributed by atoms with Gasteiger partial charge in [-0.3, -0.25) is 4.79 Å². The summed E-state index contributed by atoms with van der Waals surface area (Å²) in [6.07, 6.45) is 3.79. The standard InChI is InChI=1S/C10H11N3O2/c11-9(10(14)15)5-7-1-2-8-3-4-12-13(8)6-7/h1-4,6,9H,5,11H2,(H,14,15). The van der Waals surface area contributed by atoms with Crippen molar-refractivity contribution in [2.24, 2.45) is 5.73 Å². The lowest BCUT2D eigenvalue weighted by molar-refractivity contribution is -0.138. The van der Waals surface area contributed by atoms with E-state index in [-0.39, 0.29) is 0 Å². The van der Waals surface area contributed by atoms with Gasteiger partial charge in [-0.05, 0) is 24.1 Å². The van der Waals surface area contributed by atoms with Gasteiger partial charge in [-0.15, -0.1) is 0 Å². The van der Waals surface area contributed by atoms with E-state index in [1.54, 1.807) is 16.9 Å². The van der Waals surface area contributed by atoms with Crippen LogP contribution in [-0.4, -0.2) is 26.7 Å². The van der Waals surface area contributed by atoms with E-state index >= 15 is 0 Å². The number of pyridine rings is 1. The Morgan fingerprint density at radius 1 is 1.53 bits per heavy atom. The third-order valence-corrected chi connectivity index (χ3v) is 2.23. The van der Waals surface area contributed by atoms with Crippen molar-refractivity contribution < 1.29 is 9.90 Å². The third-order valence-electron chi connectivity index (χ3n) is 2.23. The summed E-state index contributed by atoms with van der Waals surface area (Å²) in [7, 11) is 0. The Kier molecular flexibility index (Phi) is 2.39. The van der Waals surface area contributed by atoms with Crippen LogP contribution in [0.3, 0.4) is 0 Å². The molecule has 1 atom stereocenters. The zero-order valence-corrected chi connectivity index (χ0v) is 8.00. The first-order valence-electron chi connectivity index (χ1n) is 4.57. The van der Waals surface area contributed by atoms with Crippen molar-refractivity contribution in [2.45, 2.75) is 12.5 Å². The van der Waals surface area contributed by atoms with E-state index in [1.165, 1.54) is 0 Å². The highest BCUT2D eigenvalue weighted by molar-refractivity contribution is 5.73. The summed E-state index contributed by atoms with van der Waals surface area (Å²) in [5, 5.41) is 12.7. The lowest BCUT2D eigenvalue weighted by Crippen LogP contribution is -2.32. The smallest absolute Gasteiger partial charge is 0.320 e. The molecule has 0 aliphatic heterocycles. The van der Waals surface area contributed by atoms with Crippen molar-refractivity contribution in [1.29, 1.82) is 0 Å². The van der Waals surface area contributed by atoms with Crippen LogP contribution in [0.4, 0.5) is 0 Å². The maximum atomic E-state index is 10.6. The normalized spacial score (nSPS) is 12.9. The molecule has 0 fully saturated rings. The maximum Gasteiger partial charge on any atom is 0.320 e. The van der Waals surface area contributed by atoms with Gasteiger partial charge in [-0.2, -0.15) is 5.10 Å². The van der Waals surface area contributed by atoms with Gasteiger partial charge in [0.2, 0.25) is 0 Å². The molecule has 78 valence electrons. The second-order valence-corrected chi connectivity index (χ2v) is 3.39. The molecule has 0 amide bonds. The molecule has 1 unspecified atom stereocenters. The molecule has 0 bridgehead atoms. The second kappa shape index (κ2) is 3.70. The van der Waals surface area contributed by atoms with Gasteiger partial charge in [0.1, 0.15) is 6.04 Å². The van der Waals surface area contributed by atoms with Crippen molar-refractivity contribution in [3.8, 4) is 0 Å². The molecule has 0 aliphatic rings. The number of aromatic nitrogens is 2. The SMILES string of the molecule is NC(Cc1ccc2ccnn2c1)C(=O)O. The molecule has 3 N–H and O–H groups in total. The van der Waals surface area contributed by atoms with Crippen LogP contribution < -0.4 is 5.73 Å². The fourth-order valence-corrected chi connectivity index (χ4v) is 1.42. The lowest BCUT2D eigenvalue weighted by Gasteiger charge is -2.06. The molecule has 2 aromatic rings. The number of carbonyl (C=O) groups is 1. The molecule has 0 spiro atoms. The number of carboxylic acids is 1. The van der Waals surface area contributed by atoms with Gasteiger partial charge in [-0.1, -0.05) is 6.07 Å². The second-order valence-electron chi connectivity index (χ2n) is 3.39. The fraction of sp³-hybridized carbons (Fsp3) is 0.200. The summed E-state index contributed by atoms with van der Waals surface area (Å²) in [6, 6.07) is 4.76. The zero-order chi connectivity index (χ0) is 10.8. The average Bonchev–Trinajstić information content (AvgIpc) is 2.64. The highest BCUT2D eigenvalue weighted by Crippen LogP contribution is 2.07. The van der Waals surface area contributed by atoms with E-state index in [0.717, 1.165) is 11.1 Å². The van der Waals surface area contributed by atoms with Crippen LogP contribution in [0.1, 0.15) is 5.56 Å². The zero-order valence-electron chi connectivity index (χ0n) is 8.00. The van der Waals surface area contributed by atoms with E-state index < -0.39 is 12.0 Å². The van der Waals surface area contributed by atoms with E-state index in [9.17, 15) is 4.79 Å². The van der Waals surface area contributed by atoms with E-state index in [4.69, 9.17) is 10.8 Å². The van der Waals surface area contributed by atoms with Gasteiger partial charge in [0.05, 0.1) is 5.52 Å². The van der Waals surface area contributed by atoms with Crippen LogP contribution in [-0.2, 0) is 11.2 Å².